The molecule has 1 aliphatic heterocycles. The zero-order valence-electron chi connectivity index (χ0n) is 12.2. The van der Waals surface area contributed by atoms with Crippen LogP contribution in [0.4, 0.5) is 11.6 Å². The zero-order valence-corrected chi connectivity index (χ0v) is 13.0. The molecular formula is C13H22N4O2S. The van der Waals surface area contributed by atoms with E-state index >= 15 is 0 Å². The Morgan fingerprint density at radius 1 is 1.20 bits per heavy atom. The van der Waals surface area contributed by atoms with Gasteiger partial charge in [-0.2, -0.15) is 0 Å². The second kappa shape index (κ2) is 5.95. The quantitative estimate of drug-likeness (QED) is 0.873. The van der Waals surface area contributed by atoms with Gasteiger partial charge in [0, 0.05) is 25.1 Å². The summed E-state index contributed by atoms with van der Waals surface area (Å²) in [6.45, 7) is 3.98. The minimum atomic E-state index is -2.83. The van der Waals surface area contributed by atoms with Gasteiger partial charge in [-0.25, -0.2) is 18.4 Å². The number of hydrogen-bond acceptors (Lipinski definition) is 6. The fourth-order valence-electron chi connectivity index (χ4n) is 2.33. The van der Waals surface area contributed by atoms with Gasteiger partial charge in [0.2, 0.25) is 0 Å². The van der Waals surface area contributed by atoms with Gasteiger partial charge in [-0.1, -0.05) is 6.92 Å². The van der Waals surface area contributed by atoms with Crippen LogP contribution >= 0.6 is 0 Å². The van der Waals surface area contributed by atoms with Crippen molar-refractivity contribution in [3.05, 3.63) is 11.4 Å². The normalized spacial score (nSPS) is 18.8. The molecule has 1 aliphatic rings. The molecule has 2 heterocycles. The molecule has 20 heavy (non-hydrogen) atoms. The van der Waals surface area contributed by atoms with Crippen molar-refractivity contribution >= 4 is 21.5 Å². The van der Waals surface area contributed by atoms with Gasteiger partial charge in [0.15, 0.2) is 0 Å². The van der Waals surface area contributed by atoms with Crippen LogP contribution in [-0.2, 0) is 16.3 Å². The predicted molar refractivity (Wildman–Crippen MR) is 81.0 cm³/mol. The first-order chi connectivity index (χ1) is 9.45. The Morgan fingerprint density at radius 2 is 1.80 bits per heavy atom. The maximum absolute atomic E-state index is 11.5. The fraction of sp³-hybridized carbons (Fsp3) is 0.692. The van der Waals surface area contributed by atoms with Crippen LogP contribution in [0.3, 0.4) is 0 Å². The maximum Gasteiger partial charge on any atom is 0.150 e. The smallest absolute Gasteiger partial charge is 0.150 e. The van der Waals surface area contributed by atoms with Gasteiger partial charge in [0.1, 0.15) is 27.3 Å². The minimum absolute atomic E-state index is 0.168. The first-order valence-electron chi connectivity index (χ1n) is 6.97. The number of aromatic nitrogens is 2. The van der Waals surface area contributed by atoms with Crippen molar-refractivity contribution in [2.45, 2.75) is 39.2 Å². The van der Waals surface area contributed by atoms with Crippen LogP contribution in [0.15, 0.2) is 0 Å². The van der Waals surface area contributed by atoms with Crippen LogP contribution in [0.5, 0.6) is 0 Å². The van der Waals surface area contributed by atoms with Gasteiger partial charge < -0.3 is 10.6 Å². The number of rotatable bonds is 4. The lowest BCUT2D eigenvalue weighted by Crippen LogP contribution is -2.32. The van der Waals surface area contributed by atoms with E-state index in [-0.39, 0.29) is 17.5 Å². The van der Waals surface area contributed by atoms with Crippen molar-refractivity contribution in [3.63, 3.8) is 0 Å². The fourth-order valence-corrected chi connectivity index (χ4v) is 3.82. The van der Waals surface area contributed by atoms with Crippen molar-refractivity contribution in [1.29, 1.82) is 0 Å². The summed E-state index contributed by atoms with van der Waals surface area (Å²) < 4.78 is 22.9. The molecule has 0 aromatic carbocycles. The molecule has 0 amide bonds. The number of nitrogens with one attached hydrogen (secondary N) is 2. The highest BCUT2D eigenvalue weighted by Gasteiger charge is 2.24. The van der Waals surface area contributed by atoms with Gasteiger partial charge in [-0.15, -0.1) is 0 Å². The Labute approximate surface area is 120 Å². The average Bonchev–Trinajstić information content (AvgIpc) is 2.43. The number of hydrogen-bond donors (Lipinski definition) is 2. The third kappa shape index (κ3) is 3.39. The van der Waals surface area contributed by atoms with Gasteiger partial charge >= 0.3 is 0 Å². The summed E-state index contributed by atoms with van der Waals surface area (Å²) in [4.78, 5) is 8.95. The summed E-state index contributed by atoms with van der Waals surface area (Å²) >= 11 is 0. The molecule has 7 heteroatoms. The van der Waals surface area contributed by atoms with Gasteiger partial charge in [0.25, 0.3) is 0 Å². The zero-order chi connectivity index (χ0) is 14.8. The van der Waals surface area contributed by atoms with Gasteiger partial charge in [0.05, 0.1) is 11.5 Å². The Hall–Kier alpha value is -1.37. The summed E-state index contributed by atoms with van der Waals surface area (Å²) in [6, 6.07) is 0.168. The molecule has 6 nitrogen and oxygen atoms in total. The molecule has 0 unspecified atom stereocenters. The number of sulfone groups is 1. The summed E-state index contributed by atoms with van der Waals surface area (Å²) in [5.41, 5.74) is 0.970. The third-order valence-electron chi connectivity index (χ3n) is 3.64. The molecule has 1 saturated heterocycles. The molecule has 112 valence electrons. The molecule has 1 fully saturated rings. The van der Waals surface area contributed by atoms with Crippen molar-refractivity contribution in [2.75, 3.05) is 29.2 Å². The van der Waals surface area contributed by atoms with E-state index in [1.54, 1.807) is 0 Å². The van der Waals surface area contributed by atoms with E-state index in [4.69, 9.17) is 0 Å². The molecule has 1 aromatic rings. The maximum atomic E-state index is 11.5. The topological polar surface area (TPSA) is 84.0 Å². The molecular weight excluding hydrogens is 276 g/mol. The number of aryl methyl sites for hydroxylation is 1. The lowest BCUT2D eigenvalue weighted by molar-refractivity contribution is 0.558. The molecule has 1 aromatic heterocycles. The van der Waals surface area contributed by atoms with E-state index in [1.165, 1.54) is 0 Å². The molecule has 0 spiro atoms. The van der Waals surface area contributed by atoms with E-state index < -0.39 is 9.84 Å². The van der Waals surface area contributed by atoms with E-state index in [9.17, 15) is 8.42 Å². The monoisotopic (exact) mass is 298 g/mol. The van der Waals surface area contributed by atoms with Crippen LogP contribution in [0.1, 0.15) is 31.2 Å². The average molecular weight is 298 g/mol. The van der Waals surface area contributed by atoms with Crippen LogP contribution in [0.2, 0.25) is 0 Å². The second-order valence-electron chi connectivity index (χ2n) is 5.14. The van der Waals surface area contributed by atoms with Crippen LogP contribution in [-0.4, -0.2) is 43.0 Å². The van der Waals surface area contributed by atoms with Crippen LogP contribution < -0.4 is 10.6 Å². The first-order valence-corrected chi connectivity index (χ1v) is 8.79. The summed E-state index contributed by atoms with van der Waals surface area (Å²) in [6.07, 6.45) is 2.05. The molecule has 0 saturated carbocycles. The van der Waals surface area contributed by atoms with E-state index in [0.29, 0.717) is 12.8 Å². The highest BCUT2D eigenvalue weighted by atomic mass is 32.2. The molecule has 0 bridgehead atoms. The van der Waals surface area contributed by atoms with Crippen molar-refractivity contribution in [1.82, 2.24) is 9.97 Å². The number of nitrogens with zero attached hydrogens (tertiary/aromatic N) is 2. The lowest BCUT2D eigenvalue weighted by atomic mass is 10.1. The van der Waals surface area contributed by atoms with Crippen LogP contribution in [0, 0.1) is 6.92 Å². The third-order valence-corrected chi connectivity index (χ3v) is 5.36. The summed E-state index contributed by atoms with van der Waals surface area (Å²) in [5, 5.41) is 6.45. The van der Waals surface area contributed by atoms with Crippen molar-refractivity contribution in [2.24, 2.45) is 0 Å². The molecule has 0 radical (unpaired) electrons. The molecule has 0 aliphatic carbocycles. The largest absolute Gasteiger partial charge is 0.373 e. The van der Waals surface area contributed by atoms with Gasteiger partial charge in [-0.3, -0.25) is 0 Å². The van der Waals surface area contributed by atoms with Gasteiger partial charge in [-0.05, 0) is 19.8 Å². The Kier molecular flexibility index (Phi) is 4.47. The van der Waals surface area contributed by atoms with Crippen molar-refractivity contribution < 1.29 is 8.42 Å². The van der Waals surface area contributed by atoms with E-state index in [1.807, 2.05) is 20.9 Å². The Bertz CT molecular complexity index is 572. The highest BCUT2D eigenvalue weighted by Crippen LogP contribution is 2.23. The Balaban J connectivity index is 2.17. The molecule has 2 rings (SSSR count). The predicted octanol–water partition coefficient (Wildman–Crippen LogP) is 1.38. The highest BCUT2D eigenvalue weighted by molar-refractivity contribution is 7.91. The molecule has 0 atom stereocenters. The standard InChI is InChI=1S/C13H22N4O2S/c1-4-11-16-12(14-3)9(2)13(17-11)15-10-5-7-20(18,19)8-6-10/h10H,4-8H2,1-3H3,(H2,14,15,16,17). The van der Waals surface area contributed by atoms with Crippen molar-refractivity contribution in [3.8, 4) is 0 Å². The van der Waals surface area contributed by atoms with E-state index in [0.717, 1.165) is 29.4 Å². The van der Waals surface area contributed by atoms with E-state index in [2.05, 4.69) is 20.6 Å². The van der Waals surface area contributed by atoms with Crippen LogP contribution in [0.25, 0.3) is 0 Å². The lowest BCUT2D eigenvalue weighted by Gasteiger charge is -2.25. The summed E-state index contributed by atoms with van der Waals surface area (Å²) in [5.74, 6) is 2.93. The molecule has 2 N–H and O–H groups in total. The summed E-state index contributed by atoms with van der Waals surface area (Å²) in [7, 11) is -0.990. The second-order valence-corrected chi connectivity index (χ2v) is 7.44. The SMILES string of the molecule is CCc1nc(NC)c(C)c(NC2CCS(=O)(=O)CC2)n1. The number of anilines is 2. The first kappa shape index (κ1) is 15.0. The minimum Gasteiger partial charge on any atom is -0.373 e. The Morgan fingerprint density at radius 3 is 2.35 bits per heavy atom.